The van der Waals surface area contributed by atoms with E-state index in [0.717, 1.165) is 16.8 Å². The summed E-state index contributed by atoms with van der Waals surface area (Å²) in [5, 5.41) is 12.0. The molecule has 1 aromatic heterocycles. The summed E-state index contributed by atoms with van der Waals surface area (Å²) < 4.78 is 0. The number of rotatable bonds is 3. The number of hydrogen-bond donors (Lipinski definition) is 1. The van der Waals surface area contributed by atoms with Gasteiger partial charge in [0.2, 0.25) is 0 Å². The Morgan fingerprint density at radius 3 is 2.78 bits per heavy atom. The summed E-state index contributed by atoms with van der Waals surface area (Å²) in [6.07, 6.45) is 5.18. The van der Waals surface area contributed by atoms with E-state index in [9.17, 15) is 0 Å². The molecule has 0 atom stereocenters. The summed E-state index contributed by atoms with van der Waals surface area (Å²) in [4.78, 5) is 8.40. The van der Waals surface area contributed by atoms with Gasteiger partial charge in [0.15, 0.2) is 0 Å². The number of para-hydroxylation sites is 1. The largest absolute Gasteiger partial charge is 0.411 e. The highest BCUT2D eigenvalue weighted by Crippen LogP contribution is 2.19. The van der Waals surface area contributed by atoms with Crippen molar-refractivity contribution in [2.75, 3.05) is 0 Å². The third kappa shape index (κ3) is 2.79. The molecule has 0 unspecified atom stereocenters. The van der Waals surface area contributed by atoms with E-state index in [1.165, 1.54) is 0 Å². The van der Waals surface area contributed by atoms with Crippen molar-refractivity contribution in [3.05, 3.63) is 59.9 Å². The minimum atomic E-state index is 0.536. The van der Waals surface area contributed by atoms with Gasteiger partial charge in [-0.3, -0.25) is 9.98 Å². The fraction of sp³-hybridized carbons (Fsp3) is 0.0714. The number of oxime groups is 1. The van der Waals surface area contributed by atoms with Gasteiger partial charge >= 0.3 is 0 Å². The van der Waals surface area contributed by atoms with Gasteiger partial charge in [-0.05, 0) is 19.1 Å². The maximum Gasteiger partial charge on any atom is 0.0858 e. The van der Waals surface area contributed by atoms with Crippen molar-refractivity contribution < 1.29 is 5.21 Å². The van der Waals surface area contributed by atoms with Crippen molar-refractivity contribution in [3.63, 3.8) is 0 Å². The van der Waals surface area contributed by atoms with E-state index in [0.29, 0.717) is 5.71 Å². The van der Waals surface area contributed by atoms with Crippen LogP contribution >= 0.6 is 0 Å². The molecule has 2 aromatic rings. The van der Waals surface area contributed by atoms with E-state index >= 15 is 0 Å². The Morgan fingerprint density at radius 1 is 1.22 bits per heavy atom. The first-order chi connectivity index (χ1) is 8.81. The normalized spacial score (nSPS) is 11.9. The third-order valence-corrected chi connectivity index (χ3v) is 2.48. The second-order valence-corrected chi connectivity index (χ2v) is 3.75. The molecule has 0 saturated carbocycles. The molecular formula is C14H13N3O. The smallest absolute Gasteiger partial charge is 0.0858 e. The first kappa shape index (κ1) is 12.0. The van der Waals surface area contributed by atoms with Crippen molar-refractivity contribution >= 4 is 17.6 Å². The van der Waals surface area contributed by atoms with Crippen LogP contribution in [0.25, 0.3) is 0 Å². The molecule has 1 aromatic carbocycles. The number of pyridine rings is 1. The molecule has 0 radical (unpaired) electrons. The van der Waals surface area contributed by atoms with Crippen LogP contribution in [-0.2, 0) is 0 Å². The highest BCUT2D eigenvalue weighted by atomic mass is 16.4. The van der Waals surface area contributed by atoms with Crippen LogP contribution in [0.2, 0.25) is 0 Å². The van der Waals surface area contributed by atoms with Gasteiger partial charge in [0.1, 0.15) is 0 Å². The van der Waals surface area contributed by atoms with E-state index in [2.05, 4.69) is 15.1 Å². The summed E-state index contributed by atoms with van der Waals surface area (Å²) in [5.74, 6) is 0. The highest BCUT2D eigenvalue weighted by Gasteiger charge is 2.03. The highest BCUT2D eigenvalue weighted by molar-refractivity contribution is 6.03. The van der Waals surface area contributed by atoms with Crippen molar-refractivity contribution in [1.82, 2.24) is 4.98 Å². The molecular weight excluding hydrogens is 226 g/mol. The predicted molar refractivity (Wildman–Crippen MR) is 71.9 cm³/mol. The molecule has 0 spiro atoms. The standard InChI is InChI=1S/C14H13N3O/c1-11(17-18)13-6-2-3-7-14(13)16-10-12-5-4-8-15-9-12/h2-10,18H,1H3/b16-10?,17-11+. The lowest BCUT2D eigenvalue weighted by molar-refractivity contribution is 0.319. The summed E-state index contributed by atoms with van der Waals surface area (Å²) in [6, 6.07) is 11.3. The Hall–Kier alpha value is -2.49. The van der Waals surface area contributed by atoms with Gasteiger partial charge < -0.3 is 5.21 Å². The van der Waals surface area contributed by atoms with Gasteiger partial charge in [-0.2, -0.15) is 0 Å². The van der Waals surface area contributed by atoms with Crippen LogP contribution in [-0.4, -0.2) is 22.1 Å². The lowest BCUT2D eigenvalue weighted by Crippen LogP contribution is -1.94. The molecule has 0 aliphatic rings. The Kier molecular flexibility index (Phi) is 3.81. The number of nitrogens with zero attached hydrogens (tertiary/aromatic N) is 3. The monoisotopic (exact) mass is 239 g/mol. The second-order valence-electron chi connectivity index (χ2n) is 3.75. The molecule has 0 bridgehead atoms. The van der Waals surface area contributed by atoms with E-state index in [-0.39, 0.29) is 0 Å². The predicted octanol–water partition coefficient (Wildman–Crippen LogP) is 3.03. The number of aromatic nitrogens is 1. The minimum Gasteiger partial charge on any atom is -0.411 e. The van der Waals surface area contributed by atoms with Gasteiger partial charge in [-0.25, -0.2) is 0 Å². The van der Waals surface area contributed by atoms with Crippen LogP contribution in [0.4, 0.5) is 5.69 Å². The molecule has 1 heterocycles. The molecule has 0 saturated heterocycles. The Balaban J connectivity index is 2.33. The van der Waals surface area contributed by atoms with E-state index < -0.39 is 0 Å². The van der Waals surface area contributed by atoms with Crippen molar-refractivity contribution in [3.8, 4) is 0 Å². The maximum atomic E-state index is 8.82. The second kappa shape index (κ2) is 5.72. The van der Waals surface area contributed by atoms with Crippen molar-refractivity contribution in [2.45, 2.75) is 6.92 Å². The van der Waals surface area contributed by atoms with Crippen molar-refractivity contribution in [2.24, 2.45) is 10.1 Å². The molecule has 1 N–H and O–H groups in total. The van der Waals surface area contributed by atoms with Crippen LogP contribution < -0.4 is 0 Å². The zero-order chi connectivity index (χ0) is 12.8. The average molecular weight is 239 g/mol. The zero-order valence-corrected chi connectivity index (χ0v) is 9.99. The van der Waals surface area contributed by atoms with Crippen LogP contribution in [0.3, 0.4) is 0 Å². The average Bonchev–Trinajstić information content (AvgIpc) is 2.45. The Labute approximate surface area is 105 Å². The fourth-order valence-electron chi connectivity index (χ4n) is 1.54. The van der Waals surface area contributed by atoms with Crippen LogP contribution in [0.5, 0.6) is 0 Å². The van der Waals surface area contributed by atoms with Gasteiger partial charge in [-0.15, -0.1) is 0 Å². The Bertz CT molecular complexity index is 577. The molecule has 18 heavy (non-hydrogen) atoms. The van der Waals surface area contributed by atoms with Crippen LogP contribution in [0, 0.1) is 0 Å². The van der Waals surface area contributed by atoms with Gasteiger partial charge in [0.25, 0.3) is 0 Å². The molecule has 2 rings (SSSR count). The minimum absolute atomic E-state index is 0.536. The van der Waals surface area contributed by atoms with Gasteiger partial charge in [0.05, 0.1) is 11.4 Å². The molecule has 0 aliphatic carbocycles. The number of hydrogen-bond acceptors (Lipinski definition) is 4. The first-order valence-corrected chi connectivity index (χ1v) is 5.53. The fourth-order valence-corrected chi connectivity index (χ4v) is 1.54. The van der Waals surface area contributed by atoms with Gasteiger partial charge in [-0.1, -0.05) is 29.4 Å². The quantitative estimate of drug-likeness (QED) is 0.508. The number of benzene rings is 1. The molecule has 90 valence electrons. The molecule has 0 aliphatic heterocycles. The molecule has 0 fully saturated rings. The summed E-state index contributed by atoms with van der Waals surface area (Å²) in [7, 11) is 0. The Morgan fingerprint density at radius 2 is 2.06 bits per heavy atom. The molecule has 4 heteroatoms. The number of aliphatic imine (C=N–C) groups is 1. The van der Waals surface area contributed by atoms with Gasteiger partial charge in [0, 0.05) is 29.7 Å². The van der Waals surface area contributed by atoms with E-state index in [4.69, 9.17) is 5.21 Å². The van der Waals surface area contributed by atoms with Crippen LogP contribution in [0.15, 0.2) is 58.9 Å². The van der Waals surface area contributed by atoms with E-state index in [1.807, 2.05) is 36.4 Å². The van der Waals surface area contributed by atoms with E-state index in [1.54, 1.807) is 25.5 Å². The lowest BCUT2D eigenvalue weighted by Gasteiger charge is -2.02. The summed E-state index contributed by atoms with van der Waals surface area (Å²) in [6.45, 7) is 1.73. The SMILES string of the molecule is C/C(=N\O)c1ccccc1N=Cc1cccnc1. The zero-order valence-electron chi connectivity index (χ0n) is 9.99. The molecule has 4 nitrogen and oxygen atoms in total. The van der Waals surface area contributed by atoms with Crippen LogP contribution in [0.1, 0.15) is 18.1 Å². The van der Waals surface area contributed by atoms with Crippen molar-refractivity contribution in [1.29, 1.82) is 0 Å². The summed E-state index contributed by atoms with van der Waals surface area (Å²) in [5.41, 5.74) is 3.02. The topological polar surface area (TPSA) is 57.8 Å². The third-order valence-electron chi connectivity index (χ3n) is 2.48. The first-order valence-electron chi connectivity index (χ1n) is 5.53. The summed E-state index contributed by atoms with van der Waals surface area (Å²) >= 11 is 0. The maximum absolute atomic E-state index is 8.82. The lowest BCUT2D eigenvalue weighted by atomic mass is 10.1. The molecule has 0 amide bonds.